The molecule has 0 aliphatic heterocycles. The number of nitrogens with two attached hydrogens (primary N) is 1. The van der Waals surface area contributed by atoms with Crippen LogP contribution in [0.5, 0.6) is 0 Å². The minimum atomic E-state index is -0.502. The molecule has 0 rings (SSSR count). The summed E-state index contributed by atoms with van der Waals surface area (Å²) in [6.45, 7) is 2.07. The Balaban J connectivity index is 3.37. The molecule has 0 radical (unpaired) electrons. The van der Waals surface area contributed by atoms with Gasteiger partial charge in [0, 0.05) is 32.3 Å². The van der Waals surface area contributed by atoms with E-state index in [2.05, 4.69) is 16.0 Å². The van der Waals surface area contributed by atoms with Crippen LogP contribution >= 0.6 is 11.8 Å². The second-order valence-corrected chi connectivity index (χ2v) is 6.81. The third-order valence-corrected chi connectivity index (χ3v) is 4.17. The number of rotatable bonds is 17. The van der Waals surface area contributed by atoms with E-state index in [9.17, 15) is 14.4 Å². The molecule has 0 aromatic carbocycles. The third kappa shape index (κ3) is 16.5. The molecule has 0 aliphatic rings. The van der Waals surface area contributed by atoms with Crippen molar-refractivity contribution in [1.29, 1.82) is 0 Å². The number of hydrogen-bond donors (Lipinski definition) is 4. The third-order valence-electron chi connectivity index (χ3n) is 3.55. The fraction of sp³-hybridized carbons (Fsp3) is 0.824. The van der Waals surface area contributed by atoms with Crippen molar-refractivity contribution in [3.8, 4) is 0 Å². The molecule has 158 valence electrons. The lowest BCUT2D eigenvalue weighted by Crippen LogP contribution is -2.38. The van der Waals surface area contributed by atoms with Gasteiger partial charge in [0.15, 0.2) is 0 Å². The van der Waals surface area contributed by atoms with Crippen LogP contribution in [0.2, 0.25) is 0 Å². The van der Waals surface area contributed by atoms with Crippen LogP contribution in [-0.4, -0.2) is 82.3 Å². The minimum absolute atomic E-state index is 0.0213. The molecule has 0 spiro atoms. The van der Waals surface area contributed by atoms with Gasteiger partial charge in [0.05, 0.1) is 25.9 Å². The zero-order valence-electron chi connectivity index (χ0n) is 16.4. The van der Waals surface area contributed by atoms with Crippen LogP contribution in [0.25, 0.3) is 0 Å². The number of nitrogens with one attached hydrogen (secondary N) is 3. The quantitative estimate of drug-likeness (QED) is 0.234. The van der Waals surface area contributed by atoms with Crippen molar-refractivity contribution < 1.29 is 23.9 Å². The highest BCUT2D eigenvalue weighted by Gasteiger charge is 2.10. The van der Waals surface area contributed by atoms with Gasteiger partial charge in [-0.05, 0) is 25.5 Å². The number of unbranched alkanes of at least 4 members (excludes halogenated alkanes) is 1. The van der Waals surface area contributed by atoms with Crippen molar-refractivity contribution in [3.05, 3.63) is 0 Å². The number of carbonyl (C=O) groups is 3. The van der Waals surface area contributed by atoms with Gasteiger partial charge in [-0.3, -0.25) is 14.4 Å². The maximum Gasteiger partial charge on any atom is 0.245 e. The molecular weight excluding hydrogens is 372 g/mol. The zero-order valence-corrected chi connectivity index (χ0v) is 17.2. The number of hydrogen-bond acceptors (Lipinski definition) is 7. The lowest BCUT2D eigenvalue weighted by molar-refractivity contribution is -0.126. The SMILES string of the molecule is CNC(=O)C(N)CCCCNC(=O)COCCOCCNC(=O)CCSC. The topological polar surface area (TPSA) is 132 Å². The van der Waals surface area contributed by atoms with Crippen molar-refractivity contribution >= 4 is 29.5 Å². The van der Waals surface area contributed by atoms with E-state index in [-0.39, 0.29) is 24.3 Å². The molecular formula is C17H34N4O5S. The van der Waals surface area contributed by atoms with Gasteiger partial charge in [0.2, 0.25) is 17.7 Å². The first-order valence-electron chi connectivity index (χ1n) is 9.16. The van der Waals surface area contributed by atoms with Crippen LogP contribution in [0.1, 0.15) is 25.7 Å². The Labute approximate surface area is 165 Å². The summed E-state index contributed by atoms with van der Waals surface area (Å²) in [5.74, 6) is 0.474. The molecule has 0 aliphatic carbocycles. The predicted octanol–water partition coefficient (Wildman–Crippen LogP) is -0.751. The second-order valence-electron chi connectivity index (χ2n) is 5.82. The average Bonchev–Trinajstić information content (AvgIpc) is 2.67. The van der Waals surface area contributed by atoms with E-state index in [4.69, 9.17) is 15.2 Å². The van der Waals surface area contributed by atoms with Crippen LogP contribution in [0.4, 0.5) is 0 Å². The van der Waals surface area contributed by atoms with Crippen LogP contribution in [-0.2, 0) is 23.9 Å². The molecule has 1 atom stereocenters. The predicted molar refractivity (Wildman–Crippen MR) is 107 cm³/mol. The van der Waals surface area contributed by atoms with Crippen LogP contribution < -0.4 is 21.7 Å². The van der Waals surface area contributed by atoms with Gasteiger partial charge >= 0.3 is 0 Å². The molecule has 9 nitrogen and oxygen atoms in total. The van der Waals surface area contributed by atoms with Crippen molar-refractivity contribution in [2.24, 2.45) is 5.73 Å². The molecule has 0 saturated heterocycles. The Morgan fingerprint density at radius 3 is 2.41 bits per heavy atom. The molecule has 0 aromatic heterocycles. The van der Waals surface area contributed by atoms with Crippen LogP contribution in [0.15, 0.2) is 0 Å². The first kappa shape index (κ1) is 25.6. The summed E-state index contributed by atoms with van der Waals surface area (Å²) in [5.41, 5.74) is 5.68. The van der Waals surface area contributed by atoms with Crippen molar-refractivity contribution in [3.63, 3.8) is 0 Å². The number of likely N-dealkylation sites (N-methyl/N-ethyl adjacent to an activating group) is 1. The van der Waals surface area contributed by atoms with Gasteiger partial charge in [0.25, 0.3) is 0 Å². The monoisotopic (exact) mass is 406 g/mol. The maximum absolute atomic E-state index is 11.6. The summed E-state index contributed by atoms with van der Waals surface area (Å²) in [6, 6.07) is -0.502. The highest BCUT2D eigenvalue weighted by Crippen LogP contribution is 1.98. The Hall–Kier alpha value is -1.36. The summed E-state index contributed by atoms with van der Waals surface area (Å²) < 4.78 is 10.5. The second kappa shape index (κ2) is 18.0. The summed E-state index contributed by atoms with van der Waals surface area (Å²) in [7, 11) is 1.55. The van der Waals surface area contributed by atoms with Crippen molar-refractivity contribution in [2.75, 3.05) is 58.6 Å². The normalized spacial score (nSPS) is 11.7. The van der Waals surface area contributed by atoms with Gasteiger partial charge < -0.3 is 31.2 Å². The molecule has 10 heteroatoms. The van der Waals surface area contributed by atoms with E-state index in [1.165, 1.54) is 0 Å². The molecule has 5 N–H and O–H groups in total. The van der Waals surface area contributed by atoms with Gasteiger partial charge in [0.1, 0.15) is 6.61 Å². The lowest BCUT2D eigenvalue weighted by atomic mass is 10.1. The maximum atomic E-state index is 11.6. The number of thioether (sulfide) groups is 1. The van der Waals surface area contributed by atoms with E-state index in [1.807, 2.05) is 6.26 Å². The van der Waals surface area contributed by atoms with Crippen LogP contribution in [0, 0.1) is 0 Å². The summed E-state index contributed by atoms with van der Waals surface area (Å²) in [6.07, 6.45) is 4.57. The molecule has 0 bridgehead atoms. The minimum Gasteiger partial charge on any atom is -0.377 e. The highest BCUT2D eigenvalue weighted by molar-refractivity contribution is 7.98. The van der Waals surface area contributed by atoms with Gasteiger partial charge in [-0.2, -0.15) is 11.8 Å². The molecule has 0 heterocycles. The van der Waals surface area contributed by atoms with Gasteiger partial charge in [-0.15, -0.1) is 0 Å². The first-order valence-corrected chi connectivity index (χ1v) is 10.6. The highest BCUT2D eigenvalue weighted by atomic mass is 32.2. The van der Waals surface area contributed by atoms with Gasteiger partial charge in [-0.25, -0.2) is 0 Å². The fourth-order valence-electron chi connectivity index (χ4n) is 2.02. The van der Waals surface area contributed by atoms with Crippen LogP contribution in [0.3, 0.4) is 0 Å². The Bertz CT molecular complexity index is 426. The molecule has 1 unspecified atom stereocenters. The van der Waals surface area contributed by atoms with E-state index in [1.54, 1.807) is 18.8 Å². The fourth-order valence-corrected chi connectivity index (χ4v) is 2.40. The number of carbonyl (C=O) groups excluding carboxylic acids is 3. The van der Waals surface area contributed by atoms with Gasteiger partial charge in [-0.1, -0.05) is 0 Å². The number of amides is 3. The summed E-state index contributed by atoms with van der Waals surface area (Å²) in [5, 5.41) is 8.01. The van der Waals surface area contributed by atoms with E-state index >= 15 is 0 Å². The lowest BCUT2D eigenvalue weighted by Gasteiger charge is -2.10. The first-order chi connectivity index (χ1) is 13.0. The van der Waals surface area contributed by atoms with Crippen molar-refractivity contribution in [1.82, 2.24) is 16.0 Å². The largest absolute Gasteiger partial charge is 0.377 e. The Kier molecular flexibility index (Phi) is 17.1. The van der Waals surface area contributed by atoms with Crippen molar-refractivity contribution in [2.45, 2.75) is 31.7 Å². The Morgan fingerprint density at radius 2 is 1.70 bits per heavy atom. The molecule has 0 aromatic rings. The number of ether oxygens (including phenoxy) is 2. The zero-order chi connectivity index (χ0) is 20.3. The molecule has 3 amide bonds. The average molecular weight is 407 g/mol. The Morgan fingerprint density at radius 1 is 1.00 bits per heavy atom. The van der Waals surface area contributed by atoms with E-state index < -0.39 is 6.04 Å². The smallest absolute Gasteiger partial charge is 0.245 e. The molecule has 0 saturated carbocycles. The standard InChI is InChI=1S/C17H34N4O5S/c1-19-17(24)14(18)5-3-4-7-20-16(23)13-26-11-10-25-9-8-21-15(22)6-12-27-2/h14H,3-13,18H2,1-2H3,(H,19,24)(H,20,23)(H,21,22). The molecule has 27 heavy (non-hydrogen) atoms. The van der Waals surface area contributed by atoms with E-state index in [0.29, 0.717) is 45.8 Å². The van der Waals surface area contributed by atoms with E-state index in [0.717, 1.165) is 18.6 Å². The summed E-state index contributed by atoms with van der Waals surface area (Å²) in [4.78, 5) is 34.1. The summed E-state index contributed by atoms with van der Waals surface area (Å²) >= 11 is 1.63. The molecule has 0 fully saturated rings.